The fourth-order valence-electron chi connectivity index (χ4n) is 0.564. The van der Waals surface area contributed by atoms with Crippen LogP contribution in [0.5, 0.6) is 0 Å². The summed E-state index contributed by atoms with van der Waals surface area (Å²) < 4.78 is 1.14. The Morgan fingerprint density at radius 3 is 2.50 bits per heavy atom. The van der Waals surface area contributed by atoms with Gasteiger partial charge in [-0.05, 0) is 19.3 Å². The van der Waals surface area contributed by atoms with Crippen LogP contribution in [0.2, 0.25) is 0 Å². The molecule has 1 rings (SSSR count). The van der Waals surface area contributed by atoms with Crippen LogP contribution in [0.4, 0.5) is 0 Å². The molecule has 2 heteroatoms. The van der Waals surface area contributed by atoms with Gasteiger partial charge in [0.05, 0.1) is 6.61 Å². The standard InChI is InChI=1S/C6H6IO/c7-6-3-1-2-5(6)4-8/h1-3,8H,4H2. The van der Waals surface area contributed by atoms with Gasteiger partial charge >= 0.3 is 0 Å². The predicted octanol–water partition coefficient (Wildman–Crippen LogP) is 1.15. The summed E-state index contributed by atoms with van der Waals surface area (Å²) in [4.78, 5) is 0. The average Bonchev–Trinajstić information content (AvgIpc) is 2.14. The lowest BCUT2D eigenvalue weighted by Crippen LogP contribution is -2.01. The Kier molecular flexibility index (Phi) is 2.56. The Hall–Kier alpha value is 0.690. The van der Waals surface area contributed by atoms with E-state index in [0.717, 1.165) is 9.84 Å². The molecule has 0 unspecified atom stereocenters. The van der Waals surface area contributed by atoms with E-state index in [9.17, 15) is 0 Å². The van der Waals surface area contributed by atoms with Crippen LogP contribution >= 0.6 is 22.6 Å². The Morgan fingerprint density at radius 2 is 2.25 bits per heavy atom. The lowest BCUT2D eigenvalue weighted by atomic mass is 10.1. The topological polar surface area (TPSA) is 20.2 Å². The number of halogens is 1. The van der Waals surface area contributed by atoms with Crippen LogP contribution in [0.15, 0.2) is 0 Å². The van der Waals surface area contributed by atoms with Gasteiger partial charge in [0, 0.05) is 9.84 Å². The zero-order chi connectivity index (χ0) is 5.98. The third-order valence-electron chi connectivity index (χ3n) is 1.02. The van der Waals surface area contributed by atoms with Crippen LogP contribution in [0, 0.1) is 29.1 Å². The number of aliphatic hydroxyl groups excluding tert-OH is 1. The van der Waals surface area contributed by atoms with E-state index in [1.807, 2.05) is 19.3 Å². The van der Waals surface area contributed by atoms with Crippen molar-refractivity contribution in [3.05, 3.63) is 29.1 Å². The molecular weight excluding hydrogens is 215 g/mol. The van der Waals surface area contributed by atoms with Crippen molar-refractivity contribution in [3.8, 4) is 0 Å². The molecule has 1 fully saturated rings. The number of aliphatic hydroxyl groups is 1. The first-order valence-corrected chi connectivity index (χ1v) is 3.43. The first kappa shape index (κ1) is 6.81. The van der Waals surface area contributed by atoms with Gasteiger partial charge in [0.25, 0.3) is 0 Å². The highest BCUT2D eigenvalue weighted by atomic mass is 127. The van der Waals surface area contributed by atoms with Gasteiger partial charge in [-0.1, -0.05) is 22.6 Å². The summed E-state index contributed by atoms with van der Waals surface area (Å²) in [5.74, 6) is 1.02. The van der Waals surface area contributed by atoms with Crippen LogP contribution < -0.4 is 0 Å². The highest BCUT2D eigenvalue weighted by Gasteiger charge is 2.25. The van der Waals surface area contributed by atoms with Crippen molar-refractivity contribution in [2.24, 2.45) is 0 Å². The number of hydrogen-bond acceptors (Lipinski definition) is 1. The summed E-state index contributed by atoms with van der Waals surface area (Å²) >= 11 is 2.20. The van der Waals surface area contributed by atoms with Crippen molar-refractivity contribution in [3.63, 3.8) is 0 Å². The van der Waals surface area contributed by atoms with Crippen molar-refractivity contribution < 1.29 is 5.11 Å². The first-order chi connectivity index (χ1) is 3.84. The third-order valence-corrected chi connectivity index (χ3v) is 2.07. The molecule has 0 aromatic heterocycles. The average molecular weight is 221 g/mol. The fourth-order valence-corrected chi connectivity index (χ4v) is 1.12. The van der Waals surface area contributed by atoms with Crippen molar-refractivity contribution >= 4 is 22.6 Å². The minimum absolute atomic E-state index is 0.158. The lowest BCUT2D eigenvalue weighted by Gasteiger charge is -2.05. The highest BCUT2D eigenvalue weighted by Crippen LogP contribution is 2.37. The van der Waals surface area contributed by atoms with Crippen molar-refractivity contribution in [2.75, 3.05) is 6.61 Å². The molecular formula is C6H6IO. The predicted molar refractivity (Wildman–Crippen MR) is 40.5 cm³/mol. The highest BCUT2D eigenvalue weighted by molar-refractivity contribution is 14.1. The van der Waals surface area contributed by atoms with E-state index in [1.165, 1.54) is 0 Å². The summed E-state index contributed by atoms with van der Waals surface area (Å²) in [6.07, 6.45) is 5.83. The largest absolute Gasteiger partial charge is 0.396 e. The van der Waals surface area contributed by atoms with Gasteiger partial charge in [-0.2, -0.15) is 0 Å². The normalized spacial score (nSPS) is 24.8. The van der Waals surface area contributed by atoms with E-state index in [2.05, 4.69) is 22.6 Å². The number of hydrogen-bond donors (Lipinski definition) is 1. The van der Waals surface area contributed by atoms with Crippen LogP contribution in [0.25, 0.3) is 0 Å². The molecule has 0 atom stereocenters. The van der Waals surface area contributed by atoms with E-state index in [4.69, 9.17) is 5.11 Å². The second-order valence-electron chi connectivity index (χ2n) is 1.56. The van der Waals surface area contributed by atoms with Crippen molar-refractivity contribution in [1.82, 2.24) is 0 Å². The molecule has 1 N–H and O–H groups in total. The van der Waals surface area contributed by atoms with E-state index >= 15 is 0 Å². The maximum Gasteiger partial charge on any atom is 0.0510 e. The Labute approximate surface area is 63.6 Å². The second-order valence-corrected chi connectivity index (χ2v) is 2.72. The smallest absolute Gasteiger partial charge is 0.0510 e. The maximum atomic E-state index is 8.60. The molecule has 5 radical (unpaired) electrons. The van der Waals surface area contributed by atoms with Crippen LogP contribution in [0.3, 0.4) is 0 Å². The Balaban J connectivity index is 2.30. The number of rotatable bonds is 1. The Morgan fingerprint density at radius 1 is 1.50 bits per heavy atom. The van der Waals surface area contributed by atoms with Gasteiger partial charge in [-0.25, -0.2) is 0 Å². The molecule has 0 aromatic rings. The van der Waals surface area contributed by atoms with Crippen molar-refractivity contribution in [1.29, 1.82) is 0 Å². The van der Waals surface area contributed by atoms with E-state index in [0.29, 0.717) is 0 Å². The lowest BCUT2D eigenvalue weighted by molar-refractivity contribution is 0.318. The molecule has 0 saturated heterocycles. The zero-order valence-electron chi connectivity index (χ0n) is 4.26. The van der Waals surface area contributed by atoms with Crippen molar-refractivity contribution in [2.45, 2.75) is 0 Å². The maximum absolute atomic E-state index is 8.60. The molecule has 0 heterocycles. The SMILES string of the molecule is OC[C]1[CH][CH][CH][C]1I. The van der Waals surface area contributed by atoms with Gasteiger partial charge < -0.3 is 5.11 Å². The molecule has 1 nitrogen and oxygen atoms in total. The fraction of sp³-hybridized carbons (Fsp3) is 0.167. The summed E-state index contributed by atoms with van der Waals surface area (Å²) in [6.45, 7) is 0.158. The van der Waals surface area contributed by atoms with Crippen LogP contribution in [-0.2, 0) is 0 Å². The monoisotopic (exact) mass is 221 g/mol. The molecule has 0 spiro atoms. The van der Waals surface area contributed by atoms with Gasteiger partial charge in [-0.15, -0.1) is 0 Å². The molecule has 43 valence electrons. The first-order valence-electron chi connectivity index (χ1n) is 2.35. The van der Waals surface area contributed by atoms with Gasteiger partial charge in [0.15, 0.2) is 0 Å². The van der Waals surface area contributed by atoms with Gasteiger partial charge in [-0.3, -0.25) is 0 Å². The third kappa shape index (κ3) is 1.35. The molecule has 8 heavy (non-hydrogen) atoms. The molecule has 0 amide bonds. The van der Waals surface area contributed by atoms with Crippen LogP contribution in [-0.4, -0.2) is 11.7 Å². The second kappa shape index (κ2) is 3.01. The van der Waals surface area contributed by atoms with E-state index < -0.39 is 0 Å². The molecule has 1 aliphatic rings. The minimum Gasteiger partial charge on any atom is -0.396 e. The molecule has 0 bridgehead atoms. The quantitative estimate of drug-likeness (QED) is 0.658. The van der Waals surface area contributed by atoms with Gasteiger partial charge in [0.2, 0.25) is 0 Å². The Bertz CT molecular complexity index is 74.9. The van der Waals surface area contributed by atoms with Gasteiger partial charge in [0.1, 0.15) is 0 Å². The van der Waals surface area contributed by atoms with Crippen LogP contribution in [0.1, 0.15) is 0 Å². The summed E-state index contributed by atoms with van der Waals surface area (Å²) in [7, 11) is 0. The van der Waals surface area contributed by atoms with E-state index in [-0.39, 0.29) is 6.61 Å². The van der Waals surface area contributed by atoms with E-state index in [1.54, 1.807) is 0 Å². The zero-order valence-corrected chi connectivity index (χ0v) is 6.42. The molecule has 1 aliphatic carbocycles. The molecule has 0 aliphatic heterocycles. The summed E-state index contributed by atoms with van der Waals surface area (Å²) in [6, 6.07) is 0. The molecule has 1 saturated carbocycles. The minimum atomic E-state index is 0.158. The summed E-state index contributed by atoms with van der Waals surface area (Å²) in [5, 5.41) is 8.60. The summed E-state index contributed by atoms with van der Waals surface area (Å²) in [5.41, 5.74) is 0. The molecule has 0 aromatic carbocycles.